The molecule has 1 unspecified atom stereocenters. The fraction of sp³-hybridized carbons (Fsp3) is 0.500. The van der Waals surface area contributed by atoms with Crippen LogP contribution in [0.4, 0.5) is 0 Å². The van der Waals surface area contributed by atoms with Crippen LogP contribution in [-0.2, 0) is 10.3 Å². The molecule has 1 fully saturated rings. The standard InChI is InChI=1S/C14H18O2/c1-11(15)12-6-5-7-13(10-12)14(2)8-3-4-9-16-14/h5-7,10H,3-4,8-9H2,1-2H3. The maximum atomic E-state index is 11.3. The summed E-state index contributed by atoms with van der Waals surface area (Å²) in [5, 5.41) is 0. The van der Waals surface area contributed by atoms with E-state index in [1.807, 2.05) is 18.2 Å². The Bertz CT molecular complexity index is 389. The molecule has 0 bridgehead atoms. The zero-order chi connectivity index (χ0) is 11.6. The summed E-state index contributed by atoms with van der Waals surface area (Å²) in [6, 6.07) is 7.82. The van der Waals surface area contributed by atoms with Gasteiger partial charge < -0.3 is 4.74 Å². The fourth-order valence-corrected chi connectivity index (χ4v) is 2.23. The van der Waals surface area contributed by atoms with Gasteiger partial charge in [0.15, 0.2) is 5.78 Å². The van der Waals surface area contributed by atoms with Gasteiger partial charge >= 0.3 is 0 Å². The van der Waals surface area contributed by atoms with E-state index < -0.39 is 0 Å². The van der Waals surface area contributed by atoms with E-state index in [2.05, 4.69) is 13.0 Å². The highest BCUT2D eigenvalue weighted by molar-refractivity contribution is 5.94. The minimum Gasteiger partial charge on any atom is -0.371 e. The highest BCUT2D eigenvalue weighted by Gasteiger charge is 2.29. The van der Waals surface area contributed by atoms with Crippen LogP contribution in [0, 0.1) is 0 Å². The molecular formula is C14H18O2. The van der Waals surface area contributed by atoms with Gasteiger partial charge in [0.25, 0.3) is 0 Å². The molecule has 1 aliphatic rings. The molecule has 0 aliphatic carbocycles. The zero-order valence-electron chi connectivity index (χ0n) is 9.95. The molecule has 16 heavy (non-hydrogen) atoms. The molecule has 0 aromatic heterocycles. The molecule has 1 aliphatic heterocycles. The third-order valence-corrected chi connectivity index (χ3v) is 3.35. The largest absolute Gasteiger partial charge is 0.371 e. The lowest BCUT2D eigenvalue weighted by molar-refractivity contribution is -0.0701. The van der Waals surface area contributed by atoms with Crippen molar-refractivity contribution in [3.8, 4) is 0 Å². The van der Waals surface area contributed by atoms with Gasteiger partial charge in [0.2, 0.25) is 0 Å². The Kier molecular flexibility index (Phi) is 3.10. The number of ketones is 1. The summed E-state index contributed by atoms with van der Waals surface area (Å²) in [4.78, 5) is 11.3. The molecule has 0 N–H and O–H groups in total. The second-order valence-corrected chi connectivity index (χ2v) is 4.67. The Hall–Kier alpha value is -1.15. The number of carbonyl (C=O) groups excluding carboxylic acids is 1. The Balaban J connectivity index is 2.31. The SMILES string of the molecule is CC(=O)c1cccc(C2(C)CCCCO2)c1. The predicted molar refractivity (Wildman–Crippen MR) is 63.6 cm³/mol. The number of carbonyl (C=O) groups is 1. The second kappa shape index (κ2) is 4.38. The van der Waals surface area contributed by atoms with E-state index in [1.54, 1.807) is 6.92 Å². The van der Waals surface area contributed by atoms with Crippen LogP contribution < -0.4 is 0 Å². The molecular weight excluding hydrogens is 200 g/mol. The van der Waals surface area contributed by atoms with Crippen molar-refractivity contribution in [3.63, 3.8) is 0 Å². The lowest BCUT2D eigenvalue weighted by atomic mass is 9.87. The van der Waals surface area contributed by atoms with Crippen LogP contribution in [0.3, 0.4) is 0 Å². The summed E-state index contributed by atoms with van der Waals surface area (Å²) in [5.74, 6) is 0.112. The number of hydrogen-bond acceptors (Lipinski definition) is 2. The van der Waals surface area contributed by atoms with Gasteiger partial charge in [-0.1, -0.05) is 18.2 Å². The minimum atomic E-state index is -0.205. The predicted octanol–water partition coefficient (Wildman–Crippen LogP) is 3.30. The monoisotopic (exact) mass is 218 g/mol. The molecule has 0 amide bonds. The topological polar surface area (TPSA) is 26.3 Å². The molecule has 1 atom stereocenters. The molecule has 2 nitrogen and oxygen atoms in total. The molecule has 0 spiro atoms. The van der Waals surface area contributed by atoms with Crippen LogP contribution in [0.5, 0.6) is 0 Å². The fourth-order valence-electron chi connectivity index (χ4n) is 2.23. The second-order valence-electron chi connectivity index (χ2n) is 4.67. The van der Waals surface area contributed by atoms with Gasteiger partial charge in [-0.3, -0.25) is 4.79 Å². The maximum absolute atomic E-state index is 11.3. The Morgan fingerprint density at radius 1 is 1.38 bits per heavy atom. The van der Waals surface area contributed by atoms with Gasteiger partial charge in [0, 0.05) is 12.2 Å². The number of rotatable bonds is 2. The first-order valence-corrected chi connectivity index (χ1v) is 5.87. The molecule has 1 heterocycles. The Morgan fingerprint density at radius 3 is 2.81 bits per heavy atom. The van der Waals surface area contributed by atoms with Crippen molar-refractivity contribution in [1.82, 2.24) is 0 Å². The van der Waals surface area contributed by atoms with Crippen LogP contribution in [-0.4, -0.2) is 12.4 Å². The van der Waals surface area contributed by atoms with Crippen molar-refractivity contribution >= 4 is 5.78 Å². The summed E-state index contributed by atoms with van der Waals surface area (Å²) in [7, 11) is 0. The van der Waals surface area contributed by atoms with Crippen LogP contribution in [0.25, 0.3) is 0 Å². The quantitative estimate of drug-likeness (QED) is 0.712. The molecule has 1 saturated heterocycles. The average Bonchev–Trinajstić information content (AvgIpc) is 2.30. The van der Waals surface area contributed by atoms with Crippen LogP contribution >= 0.6 is 0 Å². The molecule has 2 rings (SSSR count). The van der Waals surface area contributed by atoms with Gasteiger partial charge in [0.05, 0.1) is 5.60 Å². The van der Waals surface area contributed by atoms with E-state index in [0.717, 1.165) is 30.6 Å². The van der Waals surface area contributed by atoms with Crippen molar-refractivity contribution in [2.45, 2.75) is 38.7 Å². The van der Waals surface area contributed by atoms with Gasteiger partial charge in [0.1, 0.15) is 0 Å². The molecule has 2 heteroatoms. The normalized spacial score (nSPS) is 25.4. The van der Waals surface area contributed by atoms with E-state index in [0.29, 0.717) is 0 Å². The molecule has 1 aromatic carbocycles. The van der Waals surface area contributed by atoms with Crippen molar-refractivity contribution < 1.29 is 9.53 Å². The summed E-state index contributed by atoms with van der Waals surface area (Å²) >= 11 is 0. The number of hydrogen-bond donors (Lipinski definition) is 0. The molecule has 0 radical (unpaired) electrons. The molecule has 1 aromatic rings. The maximum Gasteiger partial charge on any atom is 0.159 e. The Morgan fingerprint density at radius 2 is 2.19 bits per heavy atom. The molecule has 86 valence electrons. The zero-order valence-corrected chi connectivity index (χ0v) is 9.95. The first-order chi connectivity index (χ1) is 7.62. The number of ether oxygens (including phenoxy) is 1. The highest BCUT2D eigenvalue weighted by atomic mass is 16.5. The van der Waals surface area contributed by atoms with Gasteiger partial charge in [-0.2, -0.15) is 0 Å². The Labute approximate surface area is 96.6 Å². The van der Waals surface area contributed by atoms with Crippen LogP contribution in [0.15, 0.2) is 24.3 Å². The van der Waals surface area contributed by atoms with E-state index in [4.69, 9.17) is 4.74 Å². The minimum absolute atomic E-state index is 0.112. The van der Waals surface area contributed by atoms with Crippen molar-refractivity contribution in [3.05, 3.63) is 35.4 Å². The third-order valence-electron chi connectivity index (χ3n) is 3.35. The summed E-state index contributed by atoms with van der Waals surface area (Å²) < 4.78 is 5.87. The first kappa shape index (κ1) is 11.3. The van der Waals surface area contributed by atoms with E-state index in [-0.39, 0.29) is 11.4 Å². The first-order valence-electron chi connectivity index (χ1n) is 5.87. The van der Waals surface area contributed by atoms with E-state index in [9.17, 15) is 4.79 Å². The van der Waals surface area contributed by atoms with E-state index >= 15 is 0 Å². The summed E-state index contributed by atoms with van der Waals surface area (Å²) in [5.41, 5.74) is 1.69. The summed E-state index contributed by atoms with van der Waals surface area (Å²) in [6.45, 7) is 4.54. The van der Waals surface area contributed by atoms with E-state index in [1.165, 1.54) is 6.42 Å². The number of Topliss-reactive ketones (excluding diaryl/α,β-unsaturated/α-hetero) is 1. The highest BCUT2D eigenvalue weighted by Crippen LogP contribution is 2.34. The summed E-state index contributed by atoms with van der Waals surface area (Å²) in [6.07, 6.45) is 3.37. The molecule has 0 saturated carbocycles. The van der Waals surface area contributed by atoms with Gasteiger partial charge in [-0.25, -0.2) is 0 Å². The van der Waals surface area contributed by atoms with Crippen molar-refractivity contribution in [2.24, 2.45) is 0 Å². The average molecular weight is 218 g/mol. The van der Waals surface area contributed by atoms with Crippen LogP contribution in [0.1, 0.15) is 49.0 Å². The third kappa shape index (κ3) is 2.17. The lowest BCUT2D eigenvalue weighted by Crippen LogP contribution is -2.30. The lowest BCUT2D eigenvalue weighted by Gasteiger charge is -2.34. The van der Waals surface area contributed by atoms with Crippen LogP contribution in [0.2, 0.25) is 0 Å². The van der Waals surface area contributed by atoms with Gasteiger partial charge in [-0.15, -0.1) is 0 Å². The van der Waals surface area contributed by atoms with Crippen molar-refractivity contribution in [1.29, 1.82) is 0 Å². The smallest absolute Gasteiger partial charge is 0.159 e. The number of benzene rings is 1. The van der Waals surface area contributed by atoms with Gasteiger partial charge in [-0.05, 0) is 44.7 Å². The van der Waals surface area contributed by atoms with Crippen molar-refractivity contribution in [2.75, 3.05) is 6.61 Å².